The van der Waals surface area contributed by atoms with Crippen molar-refractivity contribution in [1.29, 1.82) is 0 Å². The minimum Gasteiger partial charge on any atom is -0.378 e. The molecule has 3 heterocycles. The number of alkyl halides is 2. The Labute approximate surface area is 186 Å². The van der Waals surface area contributed by atoms with Crippen molar-refractivity contribution >= 4 is 39.1 Å². The van der Waals surface area contributed by atoms with E-state index in [0.717, 1.165) is 5.69 Å². The van der Waals surface area contributed by atoms with Gasteiger partial charge in [-0.2, -0.15) is 0 Å². The number of aromatic nitrogens is 3. The average molecular weight is 455 g/mol. The number of carbonyl (C=O) groups is 1. The number of anilines is 2. The van der Waals surface area contributed by atoms with Crippen molar-refractivity contribution in [3.8, 4) is 11.4 Å². The predicted molar refractivity (Wildman–Crippen MR) is 120 cm³/mol. The zero-order valence-corrected chi connectivity index (χ0v) is 17.7. The highest BCUT2D eigenvalue weighted by Gasteiger charge is 2.22. The van der Waals surface area contributed by atoms with Crippen LogP contribution < -0.4 is 10.2 Å². The summed E-state index contributed by atoms with van der Waals surface area (Å²) >= 11 is 1.31. The van der Waals surface area contributed by atoms with Crippen molar-refractivity contribution in [1.82, 2.24) is 15.0 Å². The number of aromatic amines is 1. The number of hydrogen-bond acceptors (Lipinski definition) is 6. The van der Waals surface area contributed by atoms with Crippen LogP contribution in [0.2, 0.25) is 0 Å². The Bertz CT molecular complexity index is 1250. The van der Waals surface area contributed by atoms with E-state index in [1.54, 1.807) is 35.8 Å². The lowest BCUT2D eigenvalue weighted by Crippen LogP contribution is -2.36. The summed E-state index contributed by atoms with van der Waals surface area (Å²) in [6.45, 7) is 2.56. The number of halogens is 2. The van der Waals surface area contributed by atoms with Gasteiger partial charge >= 0.3 is 0 Å². The van der Waals surface area contributed by atoms with E-state index in [0.29, 0.717) is 59.4 Å². The quantitative estimate of drug-likeness (QED) is 0.455. The van der Waals surface area contributed by atoms with Crippen LogP contribution in [0.25, 0.3) is 22.4 Å². The van der Waals surface area contributed by atoms with Crippen LogP contribution in [0.5, 0.6) is 0 Å². The maximum absolute atomic E-state index is 13.6. The highest BCUT2D eigenvalue weighted by molar-refractivity contribution is 7.13. The molecule has 0 unspecified atom stereocenters. The van der Waals surface area contributed by atoms with E-state index in [-0.39, 0.29) is 11.5 Å². The number of thiazole rings is 1. The molecule has 0 bridgehead atoms. The predicted octanol–water partition coefficient (Wildman–Crippen LogP) is 4.71. The first-order chi connectivity index (χ1) is 15.6. The number of imidazole rings is 1. The number of morpholine rings is 1. The summed E-state index contributed by atoms with van der Waals surface area (Å²) in [5.74, 6) is -0.0708. The summed E-state index contributed by atoms with van der Waals surface area (Å²) < 4.78 is 32.6. The molecule has 0 saturated carbocycles. The van der Waals surface area contributed by atoms with Crippen molar-refractivity contribution < 1.29 is 18.3 Å². The van der Waals surface area contributed by atoms with Crippen molar-refractivity contribution in [2.45, 2.75) is 6.43 Å². The largest absolute Gasteiger partial charge is 0.378 e. The molecule has 7 nitrogen and oxygen atoms in total. The van der Waals surface area contributed by atoms with Crippen molar-refractivity contribution in [3.05, 3.63) is 59.1 Å². The Morgan fingerprint density at radius 2 is 2.03 bits per heavy atom. The fourth-order valence-electron chi connectivity index (χ4n) is 3.76. The average Bonchev–Trinajstić information content (AvgIpc) is 3.48. The lowest BCUT2D eigenvalue weighted by atomic mass is 10.1. The molecule has 5 rings (SSSR count). The summed E-state index contributed by atoms with van der Waals surface area (Å²) in [5, 5.41) is 5.03. The van der Waals surface area contributed by atoms with Crippen LogP contribution in [0.15, 0.2) is 48.0 Å². The summed E-state index contributed by atoms with van der Waals surface area (Å²) in [6, 6.07) is 9.89. The van der Waals surface area contributed by atoms with E-state index < -0.39 is 6.43 Å². The van der Waals surface area contributed by atoms with Crippen molar-refractivity contribution in [3.63, 3.8) is 0 Å². The first kappa shape index (κ1) is 20.5. The van der Waals surface area contributed by atoms with E-state index in [1.807, 2.05) is 6.07 Å². The highest BCUT2D eigenvalue weighted by Crippen LogP contribution is 2.33. The van der Waals surface area contributed by atoms with Crippen LogP contribution in [0.3, 0.4) is 0 Å². The van der Waals surface area contributed by atoms with Gasteiger partial charge in [0, 0.05) is 41.5 Å². The van der Waals surface area contributed by atoms with Gasteiger partial charge in [-0.15, -0.1) is 11.3 Å². The number of nitrogens with zero attached hydrogens (tertiary/aromatic N) is 3. The molecule has 0 radical (unpaired) electrons. The lowest BCUT2D eigenvalue weighted by molar-refractivity contribution is 0.102. The second-order valence-electron chi connectivity index (χ2n) is 7.25. The molecule has 0 spiro atoms. The first-order valence-corrected chi connectivity index (χ1v) is 10.9. The minimum absolute atomic E-state index is 0.117. The summed E-state index contributed by atoms with van der Waals surface area (Å²) in [5.41, 5.74) is 2.37. The van der Waals surface area contributed by atoms with Gasteiger partial charge in [0.1, 0.15) is 11.3 Å². The summed E-state index contributed by atoms with van der Waals surface area (Å²) in [7, 11) is 0. The van der Waals surface area contributed by atoms with E-state index in [9.17, 15) is 13.6 Å². The third kappa shape index (κ3) is 3.94. The van der Waals surface area contributed by atoms with Crippen LogP contribution in [-0.2, 0) is 4.74 Å². The molecule has 10 heteroatoms. The topological polar surface area (TPSA) is 83.1 Å². The van der Waals surface area contributed by atoms with Gasteiger partial charge < -0.3 is 14.6 Å². The van der Waals surface area contributed by atoms with E-state index >= 15 is 0 Å². The molecule has 0 atom stereocenters. The number of benzene rings is 2. The van der Waals surface area contributed by atoms with Gasteiger partial charge in [-0.1, -0.05) is 24.3 Å². The standard InChI is InChI=1S/C22H19F2N5O2S/c23-19(24)14-3-1-2-4-15(14)20-26-17-12-13(29-6-8-31-9-7-29)11-16(18(17)27-20)21(30)28-22-25-5-10-32-22/h1-5,10-12,19H,6-9H2,(H,26,27)(H,25,28,30). The van der Waals surface area contributed by atoms with Gasteiger partial charge in [-0.05, 0) is 12.1 Å². The van der Waals surface area contributed by atoms with Gasteiger partial charge in [0.05, 0.1) is 24.3 Å². The highest BCUT2D eigenvalue weighted by atomic mass is 32.1. The molecule has 1 aliphatic rings. The molecular weight excluding hydrogens is 436 g/mol. The molecule has 164 valence electrons. The third-order valence-electron chi connectivity index (χ3n) is 5.30. The Morgan fingerprint density at radius 3 is 2.78 bits per heavy atom. The maximum atomic E-state index is 13.6. The maximum Gasteiger partial charge on any atom is 0.264 e. The van der Waals surface area contributed by atoms with Crippen LogP contribution in [0.4, 0.5) is 19.6 Å². The van der Waals surface area contributed by atoms with Crippen molar-refractivity contribution in [2.75, 3.05) is 36.5 Å². The normalized spacial score (nSPS) is 14.3. The molecular formula is C22H19F2N5O2S. The Kier molecular flexibility index (Phi) is 5.54. The number of rotatable bonds is 5. The van der Waals surface area contributed by atoms with Gasteiger partial charge in [-0.25, -0.2) is 18.7 Å². The second kappa shape index (κ2) is 8.64. The molecule has 0 aliphatic carbocycles. The van der Waals surface area contributed by atoms with Gasteiger partial charge in [0.2, 0.25) is 0 Å². The third-order valence-corrected chi connectivity index (χ3v) is 5.98. The number of hydrogen-bond donors (Lipinski definition) is 2. The van der Waals surface area contributed by atoms with Gasteiger partial charge in [0.15, 0.2) is 5.13 Å². The second-order valence-corrected chi connectivity index (χ2v) is 8.15. The molecule has 32 heavy (non-hydrogen) atoms. The Morgan fingerprint density at radius 1 is 1.22 bits per heavy atom. The van der Waals surface area contributed by atoms with Gasteiger partial charge in [-0.3, -0.25) is 10.1 Å². The van der Waals surface area contributed by atoms with E-state index in [4.69, 9.17) is 4.74 Å². The number of amides is 1. The monoisotopic (exact) mass is 455 g/mol. The Hall–Kier alpha value is -3.37. The van der Waals surface area contributed by atoms with Crippen LogP contribution in [0, 0.1) is 0 Å². The number of fused-ring (bicyclic) bond motifs is 1. The number of ether oxygens (including phenoxy) is 1. The first-order valence-electron chi connectivity index (χ1n) is 10.0. The fraction of sp³-hybridized carbons (Fsp3) is 0.227. The number of carbonyl (C=O) groups excluding carboxylic acids is 1. The zero-order valence-electron chi connectivity index (χ0n) is 16.8. The Balaban J connectivity index is 1.63. The molecule has 2 aromatic carbocycles. The fourth-order valence-corrected chi connectivity index (χ4v) is 4.28. The summed E-state index contributed by atoms with van der Waals surface area (Å²) in [4.78, 5) is 27.0. The lowest BCUT2D eigenvalue weighted by Gasteiger charge is -2.29. The van der Waals surface area contributed by atoms with Crippen molar-refractivity contribution in [2.24, 2.45) is 0 Å². The van der Waals surface area contributed by atoms with E-state index in [2.05, 4.69) is 25.2 Å². The molecule has 2 N–H and O–H groups in total. The smallest absolute Gasteiger partial charge is 0.264 e. The molecule has 1 saturated heterocycles. The van der Waals surface area contributed by atoms with Crippen LogP contribution >= 0.6 is 11.3 Å². The molecule has 1 fully saturated rings. The molecule has 4 aromatic rings. The van der Waals surface area contributed by atoms with Crippen LogP contribution in [0.1, 0.15) is 22.3 Å². The van der Waals surface area contributed by atoms with E-state index in [1.165, 1.54) is 17.4 Å². The zero-order chi connectivity index (χ0) is 22.1. The number of nitrogens with one attached hydrogen (secondary N) is 2. The summed E-state index contributed by atoms with van der Waals surface area (Å²) in [6.07, 6.45) is -1.04. The minimum atomic E-state index is -2.64. The number of H-pyrrole nitrogens is 1. The SMILES string of the molecule is O=C(Nc1nccs1)c1cc(N2CCOCC2)cc2[nH]c(-c3ccccc3C(F)F)nc12. The van der Waals surface area contributed by atoms with Crippen LogP contribution in [-0.4, -0.2) is 47.2 Å². The van der Waals surface area contributed by atoms with Gasteiger partial charge in [0.25, 0.3) is 12.3 Å². The molecule has 1 amide bonds. The molecule has 1 aliphatic heterocycles. The molecule has 2 aromatic heterocycles.